The van der Waals surface area contributed by atoms with Gasteiger partial charge >= 0.3 is 5.97 Å². The minimum atomic E-state index is -0.646. The van der Waals surface area contributed by atoms with Crippen molar-refractivity contribution >= 4 is 46.8 Å². The molecule has 0 N–H and O–H groups in total. The SMILES string of the molecule is CCOC(=O)C1CSC(c2cccc(Cl)c2)N1C(=O)c1ccc(Cl)cc1. The zero-order valence-corrected chi connectivity index (χ0v) is 16.4. The molecule has 1 heterocycles. The zero-order chi connectivity index (χ0) is 18.7. The summed E-state index contributed by atoms with van der Waals surface area (Å²) in [5.74, 6) is -0.170. The van der Waals surface area contributed by atoms with Gasteiger partial charge < -0.3 is 9.64 Å². The van der Waals surface area contributed by atoms with Crippen LogP contribution >= 0.6 is 35.0 Å². The number of carbonyl (C=O) groups is 2. The summed E-state index contributed by atoms with van der Waals surface area (Å²) in [4.78, 5) is 27.2. The second-order valence-corrected chi connectivity index (χ2v) is 7.71. The highest BCUT2D eigenvalue weighted by molar-refractivity contribution is 7.99. The van der Waals surface area contributed by atoms with Gasteiger partial charge in [0.05, 0.1) is 6.61 Å². The molecular weight excluding hydrogens is 393 g/mol. The van der Waals surface area contributed by atoms with Crippen LogP contribution in [-0.2, 0) is 9.53 Å². The van der Waals surface area contributed by atoms with Crippen LogP contribution < -0.4 is 0 Å². The van der Waals surface area contributed by atoms with Crippen molar-refractivity contribution in [3.8, 4) is 0 Å². The molecule has 136 valence electrons. The van der Waals surface area contributed by atoms with E-state index in [1.807, 2.05) is 18.2 Å². The van der Waals surface area contributed by atoms with E-state index in [1.165, 1.54) is 11.8 Å². The van der Waals surface area contributed by atoms with Gasteiger partial charge in [0.2, 0.25) is 0 Å². The Bertz CT molecular complexity index is 813. The van der Waals surface area contributed by atoms with Gasteiger partial charge in [-0.25, -0.2) is 4.79 Å². The largest absolute Gasteiger partial charge is 0.464 e. The molecule has 7 heteroatoms. The van der Waals surface area contributed by atoms with Crippen LogP contribution in [0.3, 0.4) is 0 Å². The zero-order valence-electron chi connectivity index (χ0n) is 14.0. The van der Waals surface area contributed by atoms with Gasteiger partial charge in [-0.2, -0.15) is 0 Å². The summed E-state index contributed by atoms with van der Waals surface area (Å²) in [6.07, 6.45) is 0. The van der Waals surface area contributed by atoms with Crippen molar-refractivity contribution in [2.45, 2.75) is 18.3 Å². The van der Waals surface area contributed by atoms with E-state index < -0.39 is 12.0 Å². The number of nitrogens with zero attached hydrogens (tertiary/aromatic N) is 1. The van der Waals surface area contributed by atoms with Gasteiger partial charge in [-0.1, -0.05) is 35.3 Å². The maximum absolute atomic E-state index is 13.2. The average Bonchev–Trinajstić information content (AvgIpc) is 3.07. The molecule has 0 radical (unpaired) electrons. The number of benzene rings is 2. The molecule has 0 bridgehead atoms. The summed E-state index contributed by atoms with van der Waals surface area (Å²) in [5, 5.41) is 0.818. The molecule has 2 aromatic carbocycles. The summed E-state index contributed by atoms with van der Waals surface area (Å²) in [6.45, 7) is 2.02. The second-order valence-electron chi connectivity index (χ2n) is 5.73. The predicted molar refractivity (Wildman–Crippen MR) is 105 cm³/mol. The lowest BCUT2D eigenvalue weighted by molar-refractivity contribution is -0.147. The van der Waals surface area contributed by atoms with Crippen LogP contribution in [0.5, 0.6) is 0 Å². The first-order valence-electron chi connectivity index (χ1n) is 8.13. The molecule has 0 aliphatic carbocycles. The van der Waals surface area contributed by atoms with Crippen molar-refractivity contribution in [3.63, 3.8) is 0 Å². The fourth-order valence-electron chi connectivity index (χ4n) is 2.83. The fraction of sp³-hybridized carbons (Fsp3) is 0.263. The Hall–Kier alpha value is -1.69. The van der Waals surface area contributed by atoms with Gasteiger partial charge in [0.25, 0.3) is 5.91 Å². The standard InChI is InChI=1S/C19H17Cl2NO3S/c1-2-25-19(24)16-11-26-18(13-4-3-5-15(21)10-13)22(16)17(23)12-6-8-14(20)9-7-12/h3-10,16,18H,2,11H2,1H3. The number of amides is 1. The van der Waals surface area contributed by atoms with Gasteiger partial charge in [0.1, 0.15) is 11.4 Å². The number of thioether (sulfide) groups is 1. The number of hydrogen-bond donors (Lipinski definition) is 0. The molecule has 0 spiro atoms. The molecule has 1 fully saturated rings. The van der Waals surface area contributed by atoms with Gasteiger partial charge in [-0.3, -0.25) is 4.79 Å². The molecule has 2 unspecified atom stereocenters. The second kappa shape index (κ2) is 8.33. The molecular formula is C19H17Cl2NO3S. The Labute approximate surface area is 166 Å². The van der Waals surface area contributed by atoms with Gasteiger partial charge in [-0.05, 0) is 48.9 Å². The Morgan fingerprint density at radius 3 is 2.54 bits per heavy atom. The minimum Gasteiger partial charge on any atom is -0.464 e. The van der Waals surface area contributed by atoms with E-state index in [1.54, 1.807) is 42.2 Å². The van der Waals surface area contributed by atoms with Crippen molar-refractivity contribution in [2.24, 2.45) is 0 Å². The van der Waals surface area contributed by atoms with Crippen LogP contribution in [-0.4, -0.2) is 35.2 Å². The Morgan fingerprint density at radius 1 is 1.15 bits per heavy atom. The van der Waals surface area contributed by atoms with Crippen molar-refractivity contribution < 1.29 is 14.3 Å². The van der Waals surface area contributed by atoms with Crippen LogP contribution in [0.4, 0.5) is 0 Å². The highest BCUT2D eigenvalue weighted by atomic mass is 35.5. The average molecular weight is 410 g/mol. The summed E-state index contributed by atoms with van der Waals surface area (Å²) in [5.41, 5.74) is 1.34. The molecule has 4 nitrogen and oxygen atoms in total. The molecule has 1 saturated heterocycles. The summed E-state index contributed by atoms with van der Waals surface area (Å²) >= 11 is 13.6. The third kappa shape index (κ3) is 4.00. The van der Waals surface area contributed by atoms with Crippen molar-refractivity contribution in [2.75, 3.05) is 12.4 Å². The smallest absolute Gasteiger partial charge is 0.329 e. The fourth-order valence-corrected chi connectivity index (χ4v) is 4.56. The van der Waals surface area contributed by atoms with Crippen molar-refractivity contribution in [1.82, 2.24) is 4.90 Å². The van der Waals surface area contributed by atoms with E-state index in [0.29, 0.717) is 21.4 Å². The van der Waals surface area contributed by atoms with Crippen molar-refractivity contribution in [3.05, 3.63) is 69.7 Å². The normalized spacial score (nSPS) is 19.4. The van der Waals surface area contributed by atoms with E-state index in [-0.39, 0.29) is 17.9 Å². The third-order valence-electron chi connectivity index (χ3n) is 4.02. The summed E-state index contributed by atoms with van der Waals surface area (Å²) < 4.78 is 5.18. The highest BCUT2D eigenvalue weighted by Gasteiger charge is 2.43. The number of ether oxygens (including phenoxy) is 1. The van der Waals surface area contributed by atoms with Crippen LogP contribution in [0.2, 0.25) is 10.0 Å². The lowest BCUT2D eigenvalue weighted by atomic mass is 10.1. The van der Waals surface area contributed by atoms with Crippen LogP contribution in [0.1, 0.15) is 28.2 Å². The highest BCUT2D eigenvalue weighted by Crippen LogP contribution is 2.43. The first kappa shape index (κ1) is 19.1. The molecule has 1 aliphatic rings. The number of hydrogen-bond acceptors (Lipinski definition) is 4. The Balaban J connectivity index is 1.97. The van der Waals surface area contributed by atoms with E-state index in [4.69, 9.17) is 27.9 Å². The Kier molecular flexibility index (Phi) is 6.12. The first-order valence-corrected chi connectivity index (χ1v) is 9.93. The number of esters is 1. The van der Waals surface area contributed by atoms with Gasteiger partial charge in [0, 0.05) is 21.4 Å². The summed E-state index contributed by atoms with van der Waals surface area (Å²) in [6, 6.07) is 13.3. The minimum absolute atomic E-state index is 0.241. The lowest BCUT2D eigenvalue weighted by Gasteiger charge is -2.28. The maximum Gasteiger partial charge on any atom is 0.329 e. The van der Waals surface area contributed by atoms with E-state index in [0.717, 1.165) is 5.56 Å². The van der Waals surface area contributed by atoms with Crippen molar-refractivity contribution in [1.29, 1.82) is 0 Å². The molecule has 1 aliphatic heterocycles. The van der Waals surface area contributed by atoms with E-state index in [9.17, 15) is 9.59 Å². The van der Waals surface area contributed by atoms with Crippen LogP contribution in [0, 0.1) is 0 Å². The molecule has 1 amide bonds. The number of rotatable bonds is 4. The molecule has 0 saturated carbocycles. The third-order valence-corrected chi connectivity index (χ3v) is 5.83. The van der Waals surface area contributed by atoms with E-state index in [2.05, 4.69) is 0 Å². The summed E-state index contributed by atoms with van der Waals surface area (Å²) in [7, 11) is 0. The molecule has 26 heavy (non-hydrogen) atoms. The molecule has 0 aromatic heterocycles. The molecule has 3 rings (SSSR count). The number of carbonyl (C=O) groups excluding carboxylic acids is 2. The monoisotopic (exact) mass is 409 g/mol. The number of halogens is 2. The topological polar surface area (TPSA) is 46.6 Å². The first-order chi connectivity index (χ1) is 12.5. The van der Waals surface area contributed by atoms with Crippen LogP contribution in [0.25, 0.3) is 0 Å². The lowest BCUT2D eigenvalue weighted by Crippen LogP contribution is -2.43. The molecule has 2 aromatic rings. The Morgan fingerprint density at radius 2 is 1.88 bits per heavy atom. The maximum atomic E-state index is 13.2. The quantitative estimate of drug-likeness (QED) is 0.679. The molecule has 2 atom stereocenters. The van der Waals surface area contributed by atoms with Gasteiger partial charge in [0.15, 0.2) is 0 Å². The predicted octanol–water partition coefficient (Wildman–Crippen LogP) is 4.81. The van der Waals surface area contributed by atoms with E-state index >= 15 is 0 Å². The van der Waals surface area contributed by atoms with Gasteiger partial charge in [-0.15, -0.1) is 11.8 Å². The van der Waals surface area contributed by atoms with Crippen LogP contribution in [0.15, 0.2) is 48.5 Å².